The van der Waals surface area contributed by atoms with Crippen LogP contribution in [-0.2, 0) is 52.4 Å². The molecule has 0 amide bonds. The minimum Gasteiger partial charge on any atom is -0.460 e. The summed E-state index contributed by atoms with van der Waals surface area (Å²) < 4.78 is 39.2. The molecular weight excluding hydrogens is 520 g/mol. The van der Waals surface area contributed by atoms with Gasteiger partial charge < -0.3 is 38.3 Å². The van der Waals surface area contributed by atoms with E-state index < -0.39 is 72.9 Å². The molecule has 1 aromatic carbocycles. The summed E-state index contributed by atoms with van der Waals surface area (Å²) in [6, 6.07) is 6.47. The van der Waals surface area contributed by atoms with Crippen molar-refractivity contribution in [2.75, 3.05) is 7.11 Å². The van der Waals surface area contributed by atoms with Crippen molar-refractivity contribution in [2.45, 2.75) is 89.7 Å². The molecular formula is C26H32O13. The van der Waals surface area contributed by atoms with Crippen molar-refractivity contribution in [3.63, 3.8) is 0 Å². The van der Waals surface area contributed by atoms with Gasteiger partial charge in [-0.3, -0.25) is 24.0 Å². The Morgan fingerprint density at radius 1 is 0.872 bits per heavy atom. The lowest BCUT2D eigenvalue weighted by Gasteiger charge is -2.44. The van der Waals surface area contributed by atoms with Crippen molar-refractivity contribution in [1.29, 1.82) is 0 Å². The minimum absolute atomic E-state index is 0.151. The van der Waals surface area contributed by atoms with Gasteiger partial charge in [-0.1, -0.05) is 18.2 Å². The van der Waals surface area contributed by atoms with E-state index in [4.69, 9.17) is 33.2 Å². The van der Waals surface area contributed by atoms with Crippen molar-refractivity contribution in [3.8, 4) is 5.75 Å². The van der Waals surface area contributed by atoms with Gasteiger partial charge >= 0.3 is 17.9 Å². The standard InChI is InChI=1S/C26H32O13/c1-12(27)10-20-22(34-13(2)28)23(35-14(3)29)24(36-15(4)30)26(39-20)37-18-9-7-6-8-16(18)19-11-17(31)21(32)25(33-5)38-19/h6-9,19-26,32H,10-11H2,1-5H3/t19-,20+,21-,22+,23-,24+,25-,26+/m0/s1. The predicted molar refractivity (Wildman–Crippen MR) is 128 cm³/mol. The van der Waals surface area contributed by atoms with E-state index in [1.807, 2.05) is 0 Å². The number of carbonyl (C=O) groups excluding carboxylic acids is 5. The number of methoxy groups -OCH3 is 1. The molecule has 1 N–H and O–H groups in total. The molecule has 2 fully saturated rings. The Morgan fingerprint density at radius 2 is 1.46 bits per heavy atom. The van der Waals surface area contributed by atoms with Crippen molar-refractivity contribution in [3.05, 3.63) is 29.8 Å². The highest BCUT2D eigenvalue weighted by Crippen LogP contribution is 2.38. The number of para-hydroxylation sites is 1. The van der Waals surface area contributed by atoms with Gasteiger partial charge in [0.25, 0.3) is 0 Å². The summed E-state index contributed by atoms with van der Waals surface area (Å²) in [7, 11) is 1.29. The first kappa shape index (κ1) is 30.2. The molecule has 3 rings (SSSR count). The van der Waals surface area contributed by atoms with Gasteiger partial charge in [0.05, 0.1) is 6.10 Å². The molecule has 214 valence electrons. The molecule has 1 aromatic rings. The number of carbonyl (C=O) groups is 5. The number of aliphatic hydroxyl groups is 1. The second-order valence-electron chi connectivity index (χ2n) is 9.17. The lowest BCUT2D eigenvalue weighted by atomic mass is 9.94. The van der Waals surface area contributed by atoms with E-state index in [0.717, 1.165) is 20.8 Å². The van der Waals surface area contributed by atoms with E-state index in [2.05, 4.69) is 0 Å². The number of rotatable bonds is 9. The molecule has 0 aromatic heterocycles. The van der Waals surface area contributed by atoms with Crippen LogP contribution in [0.25, 0.3) is 0 Å². The van der Waals surface area contributed by atoms with Gasteiger partial charge in [-0.15, -0.1) is 0 Å². The van der Waals surface area contributed by atoms with Crippen molar-refractivity contribution in [2.24, 2.45) is 0 Å². The van der Waals surface area contributed by atoms with Crippen LogP contribution in [0.3, 0.4) is 0 Å². The van der Waals surface area contributed by atoms with Gasteiger partial charge in [0.15, 0.2) is 30.4 Å². The van der Waals surface area contributed by atoms with Crippen LogP contribution in [0.15, 0.2) is 24.3 Å². The van der Waals surface area contributed by atoms with Crippen molar-refractivity contribution < 1.29 is 62.2 Å². The first-order valence-electron chi connectivity index (χ1n) is 12.2. The Balaban J connectivity index is 2.01. The van der Waals surface area contributed by atoms with Crippen LogP contribution < -0.4 is 4.74 Å². The molecule has 0 bridgehead atoms. The maximum absolute atomic E-state index is 12.4. The highest BCUT2D eigenvalue weighted by Gasteiger charge is 2.53. The smallest absolute Gasteiger partial charge is 0.303 e. The van der Waals surface area contributed by atoms with E-state index in [1.165, 1.54) is 14.0 Å². The maximum Gasteiger partial charge on any atom is 0.303 e. The quantitative estimate of drug-likeness (QED) is 0.339. The van der Waals surface area contributed by atoms with E-state index in [9.17, 15) is 29.1 Å². The van der Waals surface area contributed by atoms with Gasteiger partial charge in [0, 0.05) is 46.3 Å². The van der Waals surface area contributed by atoms with E-state index in [0.29, 0.717) is 5.56 Å². The molecule has 2 aliphatic heterocycles. The lowest BCUT2D eigenvalue weighted by Crippen LogP contribution is -2.63. The van der Waals surface area contributed by atoms with Crippen LogP contribution in [-0.4, -0.2) is 84.8 Å². The third kappa shape index (κ3) is 7.60. The minimum atomic E-state index is -1.45. The van der Waals surface area contributed by atoms with E-state index in [1.54, 1.807) is 24.3 Å². The number of hydrogen-bond donors (Lipinski definition) is 1. The fraction of sp³-hybridized carbons (Fsp3) is 0.577. The normalized spacial score (nSPS) is 30.7. The van der Waals surface area contributed by atoms with Crippen LogP contribution in [0.2, 0.25) is 0 Å². The van der Waals surface area contributed by atoms with Crippen LogP contribution in [0.1, 0.15) is 52.2 Å². The average Bonchev–Trinajstić information content (AvgIpc) is 2.84. The molecule has 2 saturated heterocycles. The summed E-state index contributed by atoms with van der Waals surface area (Å²) in [5.74, 6) is -2.95. The summed E-state index contributed by atoms with van der Waals surface area (Å²) in [6.45, 7) is 4.67. The summed E-state index contributed by atoms with van der Waals surface area (Å²) in [6.07, 6.45) is -10.6. The Hall–Kier alpha value is -3.39. The molecule has 8 atom stereocenters. The summed E-state index contributed by atoms with van der Waals surface area (Å²) in [5, 5.41) is 10.0. The third-order valence-electron chi connectivity index (χ3n) is 6.00. The van der Waals surface area contributed by atoms with Gasteiger partial charge in [0.1, 0.15) is 17.6 Å². The van der Waals surface area contributed by atoms with Crippen LogP contribution in [0.5, 0.6) is 5.75 Å². The number of esters is 3. The van der Waals surface area contributed by atoms with E-state index >= 15 is 0 Å². The fourth-order valence-corrected chi connectivity index (χ4v) is 4.48. The molecule has 2 heterocycles. The average molecular weight is 553 g/mol. The van der Waals surface area contributed by atoms with Gasteiger partial charge in [-0.2, -0.15) is 0 Å². The van der Waals surface area contributed by atoms with Gasteiger partial charge in [-0.05, 0) is 13.0 Å². The highest BCUT2D eigenvalue weighted by molar-refractivity contribution is 5.84. The van der Waals surface area contributed by atoms with Crippen LogP contribution in [0.4, 0.5) is 0 Å². The number of hydrogen-bond acceptors (Lipinski definition) is 13. The largest absolute Gasteiger partial charge is 0.460 e. The SMILES string of the molecule is CO[C@H]1O[C@H](c2ccccc2O[C@@H]2O[C@H](CC(C)=O)[C@@H](OC(C)=O)[C@H](OC(C)=O)[C@H]2OC(C)=O)CC(=O)[C@@H]1O. The van der Waals surface area contributed by atoms with E-state index in [-0.39, 0.29) is 24.4 Å². The number of Topliss-reactive ketones (excluding diaryl/α,β-unsaturated/α-hetero) is 2. The summed E-state index contributed by atoms with van der Waals surface area (Å²) in [4.78, 5) is 60.4. The molecule has 13 heteroatoms. The molecule has 0 aliphatic carbocycles. The van der Waals surface area contributed by atoms with Gasteiger partial charge in [0.2, 0.25) is 12.4 Å². The summed E-state index contributed by atoms with van der Waals surface area (Å²) >= 11 is 0. The topological polar surface area (TPSA) is 170 Å². The zero-order chi connectivity index (χ0) is 28.9. The second-order valence-corrected chi connectivity index (χ2v) is 9.17. The fourth-order valence-electron chi connectivity index (χ4n) is 4.48. The molecule has 0 spiro atoms. The Morgan fingerprint density at radius 3 is 2.05 bits per heavy atom. The third-order valence-corrected chi connectivity index (χ3v) is 6.00. The molecule has 0 radical (unpaired) electrons. The number of ketones is 2. The van der Waals surface area contributed by atoms with Crippen LogP contribution >= 0.6 is 0 Å². The van der Waals surface area contributed by atoms with Crippen LogP contribution in [0, 0.1) is 0 Å². The Kier molecular flexibility index (Phi) is 10.1. The molecule has 13 nitrogen and oxygen atoms in total. The number of aliphatic hydroxyl groups excluding tert-OH is 1. The lowest BCUT2D eigenvalue weighted by molar-refractivity contribution is -0.283. The van der Waals surface area contributed by atoms with Crippen molar-refractivity contribution >= 4 is 29.5 Å². The molecule has 39 heavy (non-hydrogen) atoms. The first-order chi connectivity index (χ1) is 18.4. The Labute approximate surface area is 224 Å². The monoisotopic (exact) mass is 552 g/mol. The zero-order valence-corrected chi connectivity index (χ0v) is 22.2. The highest BCUT2D eigenvalue weighted by atomic mass is 16.7. The molecule has 2 aliphatic rings. The predicted octanol–water partition coefficient (Wildman–Crippen LogP) is 0.928. The zero-order valence-electron chi connectivity index (χ0n) is 22.2. The molecule has 0 saturated carbocycles. The summed E-state index contributed by atoms with van der Waals surface area (Å²) in [5.41, 5.74) is 0.388. The number of benzene rings is 1. The van der Waals surface area contributed by atoms with Crippen molar-refractivity contribution in [1.82, 2.24) is 0 Å². The second kappa shape index (κ2) is 13.1. The van der Waals surface area contributed by atoms with Gasteiger partial charge in [-0.25, -0.2) is 0 Å². The maximum atomic E-state index is 12.4. The number of ether oxygens (including phenoxy) is 7. The molecule has 0 unspecified atom stereocenters. The first-order valence-corrected chi connectivity index (χ1v) is 12.2. The Bertz CT molecular complexity index is 1090.